The van der Waals surface area contributed by atoms with Crippen LogP contribution < -0.4 is 0 Å². The van der Waals surface area contributed by atoms with Crippen LogP contribution in [0.3, 0.4) is 0 Å². The van der Waals surface area contributed by atoms with E-state index < -0.39 is 10.2 Å². The first kappa shape index (κ1) is 18.3. The highest BCUT2D eigenvalue weighted by Crippen LogP contribution is 2.30. The molecule has 0 N–H and O–H groups in total. The zero-order valence-corrected chi connectivity index (χ0v) is 16.2. The van der Waals surface area contributed by atoms with Crippen molar-refractivity contribution >= 4 is 16.1 Å². The van der Waals surface area contributed by atoms with Gasteiger partial charge in [0.25, 0.3) is 10.2 Å². The van der Waals surface area contributed by atoms with Crippen LogP contribution in [0.15, 0.2) is 6.07 Å². The van der Waals surface area contributed by atoms with Crippen molar-refractivity contribution in [3.05, 3.63) is 17.5 Å². The lowest BCUT2D eigenvalue weighted by molar-refractivity contribution is -0.136. The molecule has 0 radical (unpaired) electrons. The zero-order valence-electron chi connectivity index (χ0n) is 15.3. The number of aryl methyl sites for hydroxylation is 2. The molecule has 25 heavy (non-hydrogen) atoms. The molecule has 1 aromatic heterocycles. The van der Waals surface area contributed by atoms with Crippen molar-refractivity contribution < 1.29 is 13.2 Å². The minimum atomic E-state index is -3.45. The summed E-state index contributed by atoms with van der Waals surface area (Å²) in [6.07, 6.45) is 1.82. The number of nitrogens with zero attached hydrogens (tertiary/aromatic N) is 5. The smallest absolute Gasteiger partial charge is 0.281 e. The maximum Gasteiger partial charge on any atom is 0.281 e. The molecule has 9 heteroatoms. The van der Waals surface area contributed by atoms with E-state index in [4.69, 9.17) is 0 Å². The summed E-state index contributed by atoms with van der Waals surface area (Å²) in [6, 6.07) is 1.89. The monoisotopic (exact) mass is 369 g/mol. The average molecular weight is 369 g/mol. The summed E-state index contributed by atoms with van der Waals surface area (Å²) in [4.78, 5) is 14.7. The Labute approximate surface area is 149 Å². The van der Waals surface area contributed by atoms with Crippen LogP contribution in [-0.2, 0) is 21.5 Å². The van der Waals surface area contributed by atoms with E-state index in [0.717, 1.165) is 24.2 Å². The molecular formula is C16H27N5O3S. The molecule has 3 aliphatic rings. The first-order chi connectivity index (χ1) is 11.7. The molecule has 0 aliphatic carbocycles. The van der Waals surface area contributed by atoms with Crippen LogP contribution in [0.1, 0.15) is 24.2 Å². The number of hydrogen-bond acceptors (Lipinski definition) is 4. The lowest BCUT2D eigenvalue weighted by Gasteiger charge is -2.36. The fraction of sp³-hybridized carbons (Fsp3) is 0.750. The maximum absolute atomic E-state index is 12.8. The Hall–Kier alpha value is -1.45. The third-order valence-corrected chi connectivity index (χ3v) is 7.05. The molecule has 2 bridgehead atoms. The number of rotatable bonds is 4. The molecule has 4 rings (SSSR count). The Morgan fingerprint density at radius 1 is 1.24 bits per heavy atom. The molecule has 0 aromatic carbocycles. The number of aromatic nitrogens is 2. The second kappa shape index (κ2) is 6.69. The summed E-state index contributed by atoms with van der Waals surface area (Å²) in [5.74, 6) is 0.211. The number of hydrogen-bond donors (Lipinski definition) is 0. The highest BCUT2D eigenvalue weighted by molar-refractivity contribution is 7.86. The molecular weight excluding hydrogens is 342 g/mol. The quantitative estimate of drug-likeness (QED) is 0.761. The first-order valence-electron chi connectivity index (χ1n) is 8.66. The summed E-state index contributed by atoms with van der Waals surface area (Å²) >= 11 is 0. The average Bonchev–Trinajstić information content (AvgIpc) is 2.73. The maximum atomic E-state index is 12.8. The third-order valence-electron chi connectivity index (χ3n) is 5.18. The van der Waals surface area contributed by atoms with Crippen LogP contribution >= 0.6 is 0 Å². The summed E-state index contributed by atoms with van der Waals surface area (Å²) in [6.45, 7) is 5.55. The normalized spacial score (nSPS) is 24.8. The summed E-state index contributed by atoms with van der Waals surface area (Å²) in [7, 11) is -0.350. The van der Waals surface area contributed by atoms with Crippen molar-refractivity contribution in [2.75, 3.05) is 33.7 Å². The fourth-order valence-electron chi connectivity index (χ4n) is 3.82. The van der Waals surface area contributed by atoms with E-state index in [-0.39, 0.29) is 24.4 Å². The molecule has 0 unspecified atom stereocenters. The second-order valence-corrected chi connectivity index (χ2v) is 9.48. The Kier molecular flexibility index (Phi) is 4.91. The molecule has 3 aliphatic heterocycles. The number of carbonyl (C=O) groups is 1. The van der Waals surface area contributed by atoms with Crippen molar-refractivity contribution in [2.45, 2.75) is 39.3 Å². The van der Waals surface area contributed by atoms with Crippen LogP contribution in [0.25, 0.3) is 0 Å². The van der Waals surface area contributed by atoms with Gasteiger partial charge in [-0.1, -0.05) is 0 Å². The van der Waals surface area contributed by atoms with E-state index in [1.807, 2.05) is 24.8 Å². The Morgan fingerprint density at radius 3 is 2.56 bits per heavy atom. The van der Waals surface area contributed by atoms with Gasteiger partial charge in [-0.25, -0.2) is 0 Å². The van der Waals surface area contributed by atoms with Gasteiger partial charge < -0.3 is 4.90 Å². The predicted octanol–water partition coefficient (Wildman–Crippen LogP) is 0.229. The zero-order chi connectivity index (χ0) is 18.4. The molecule has 3 saturated heterocycles. The van der Waals surface area contributed by atoms with Gasteiger partial charge >= 0.3 is 0 Å². The topological polar surface area (TPSA) is 78.8 Å². The van der Waals surface area contributed by atoms with Crippen molar-refractivity contribution in [1.29, 1.82) is 0 Å². The number of amides is 1. The molecule has 2 atom stereocenters. The van der Waals surface area contributed by atoms with Gasteiger partial charge in [0.05, 0.1) is 5.69 Å². The van der Waals surface area contributed by atoms with E-state index >= 15 is 0 Å². The number of fused-ring (bicyclic) bond motifs is 4. The van der Waals surface area contributed by atoms with Crippen molar-refractivity contribution in [2.24, 2.45) is 5.92 Å². The SMILES string of the molecule is Cc1cc(C)n(CC(=O)N2C[C@@H]3CC[C@H]2CN(S(=O)(=O)N(C)C)C3)n1. The van der Waals surface area contributed by atoms with E-state index in [2.05, 4.69) is 5.10 Å². The van der Waals surface area contributed by atoms with E-state index in [1.54, 1.807) is 18.8 Å². The van der Waals surface area contributed by atoms with Gasteiger partial charge in [-0.05, 0) is 38.7 Å². The van der Waals surface area contributed by atoms with Gasteiger partial charge in [-0.2, -0.15) is 22.1 Å². The minimum Gasteiger partial charge on any atom is -0.336 e. The molecule has 8 nitrogen and oxygen atoms in total. The van der Waals surface area contributed by atoms with Gasteiger partial charge in [0.2, 0.25) is 5.91 Å². The Morgan fingerprint density at radius 2 is 1.96 bits per heavy atom. The van der Waals surface area contributed by atoms with E-state index in [0.29, 0.717) is 19.6 Å². The standard InChI is InChI=1S/C16H27N5O3S/c1-12-7-13(2)21(17-12)11-16(22)20-9-14-5-6-15(20)10-19(8-14)25(23,24)18(3)4/h7,14-15H,5-6,8-11H2,1-4H3/t14-,15+/m1/s1. The largest absolute Gasteiger partial charge is 0.336 e. The molecule has 4 heterocycles. The molecule has 0 spiro atoms. The van der Waals surface area contributed by atoms with E-state index in [1.165, 1.54) is 8.61 Å². The number of piperidine rings is 1. The Bertz CT molecular complexity index is 758. The number of carbonyl (C=O) groups excluding carboxylic acids is 1. The van der Waals surface area contributed by atoms with Gasteiger partial charge in [0.15, 0.2) is 0 Å². The molecule has 1 aromatic rings. The van der Waals surface area contributed by atoms with Crippen LogP contribution in [0, 0.1) is 19.8 Å². The van der Waals surface area contributed by atoms with Crippen molar-refractivity contribution in [3.63, 3.8) is 0 Å². The summed E-state index contributed by atoms with van der Waals surface area (Å²) in [5.41, 5.74) is 1.86. The second-order valence-electron chi connectivity index (χ2n) is 7.34. The Balaban J connectivity index is 1.76. The van der Waals surface area contributed by atoms with Crippen LogP contribution in [0.4, 0.5) is 0 Å². The third kappa shape index (κ3) is 3.58. The van der Waals surface area contributed by atoms with Gasteiger partial charge in [0, 0.05) is 45.5 Å². The molecule has 140 valence electrons. The van der Waals surface area contributed by atoms with Crippen molar-refractivity contribution in [1.82, 2.24) is 23.3 Å². The van der Waals surface area contributed by atoms with Gasteiger partial charge in [-0.3, -0.25) is 9.48 Å². The lowest BCUT2D eigenvalue weighted by Crippen LogP contribution is -2.49. The van der Waals surface area contributed by atoms with Crippen LogP contribution in [0.2, 0.25) is 0 Å². The lowest BCUT2D eigenvalue weighted by atomic mass is 9.95. The summed E-state index contributed by atoms with van der Waals surface area (Å²) < 4.78 is 29.5. The van der Waals surface area contributed by atoms with Gasteiger partial charge in [0.1, 0.15) is 6.54 Å². The van der Waals surface area contributed by atoms with Gasteiger partial charge in [-0.15, -0.1) is 0 Å². The highest BCUT2D eigenvalue weighted by atomic mass is 32.2. The molecule has 3 fully saturated rings. The molecule has 0 saturated carbocycles. The minimum absolute atomic E-state index is 0.0185. The van der Waals surface area contributed by atoms with Crippen LogP contribution in [0.5, 0.6) is 0 Å². The predicted molar refractivity (Wildman–Crippen MR) is 94.1 cm³/mol. The summed E-state index contributed by atoms with van der Waals surface area (Å²) in [5, 5.41) is 4.36. The molecule has 1 amide bonds. The highest BCUT2D eigenvalue weighted by Gasteiger charge is 2.41. The van der Waals surface area contributed by atoms with E-state index in [9.17, 15) is 13.2 Å². The van der Waals surface area contributed by atoms with Crippen LogP contribution in [-0.4, -0.2) is 77.4 Å². The van der Waals surface area contributed by atoms with Crippen molar-refractivity contribution in [3.8, 4) is 0 Å². The fourth-order valence-corrected chi connectivity index (χ4v) is 5.04. The first-order valence-corrected chi connectivity index (χ1v) is 10.1.